The first-order chi connectivity index (χ1) is 9.06. The smallest absolute Gasteiger partial charge is 0.260 e. The lowest BCUT2D eigenvalue weighted by Crippen LogP contribution is -2.35. The summed E-state index contributed by atoms with van der Waals surface area (Å²) >= 11 is 0. The number of aryl methyl sites for hydroxylation is 1. The molecule has 19 heavy (non-hydrogen) atoms. The summed E-state index contributed by atoms with van der Waals surface area (Å²) in [5.41, 5.74) is 5.44. The minimum Gasteiger partial charge on any atom is -0.383 e. The quantitative estimate of drug-likeness (QED) is 0.664. The summed E-state index contributed by atoms with van der Waals surface area (Å²) in [6.07, 6.45) is 2.63. The number of sulfonamides is 1. The maximum Gasteiger partial charge on any atom is 0.260 e. The predicted octanol–water partition coefficient (Wildman–Crippen LogP) is -0.0420. The number of hydrogen-bond acceptors (Lipinski definition) is 5. The van der Waals surface area contributed by atoms with Gasteiger partial charge in [-0.2, -0.15) is 4.31 Å². The maximum absolute atomic E-state index is 12.4. The summed E-state index contributed by atoms with van der Waals surface area (Å²) in [6, 6.07) is 0. The fraction of sp³-hybridized carbons (Fsp3) is 0.727. The number of aromatic nitrogens is 2. The number of rotatable bonds is 9. The number of nitrogens with zero attached hydrogens (tertiary/aromatic N) is 2. The molecule has 7 nitrogen and oxygen atoms in total. The second kappa shape index (κ2) is 7.59. The van der Waals surface area contributed by atoms with Gasteiger partial charge in [-0.1, -0.05) is 6.92 Å². The second-order valence-electron chi connectivity index (χ2n) is 4.09. The molecule has 0 saturated heterocycles. The van der Waals surface area contributed by atoms with E-state index in [2.05, 4.69) is 9.97 Å². The number of methoxy groups -OCH3 is 1. The van der Waals surface area contributed by atoms with Gasteiger partial charge < -0.3 is 15.5 Å². The Morgan fingerprint density at radius 1 is 1.47 bits per heavy atom. The normalized spacial score (nSPS) is 12.2. The number of nitrogens with two attached hydrogens (primary N) is 1. The number of ether oxygens (including phenoxy) is 1. The molecular weight excluding hydrogens is 268 g/mol. The summed E-state index contributed by atoms with van der Waals surface area (Å²) in [7, 11) is -2.01. The lowest BCUT2D eigenvalue weighted by Gasteiger charge is -2.20. The Balaban J connectivity index is 2.90. The first-order valence-corrected chi connectivity index (χ1v) is 7.73. The Morgan fingerprint density at radius 3 is 2.74 bits per heavy atom. The SMILES string of the molecule is CCc1ncc(S(=O)(=O)N(CCCN)CCOC)[nH]1. The molecule has 0 unspecified atom stereocenters. The van der Waals surface area contributed by atoms with Crippen molar-refractivity contribution in [2.75, 3.05) is 33.4 Å². The molecule has 0 aliphatic carbocycles. The first kappa shape index (κ1) is 16.1. The number of nitrogens with one attached hydrogen (secondary N) is 1. The minimum absolute atomic E-state index is 0.123. The summed E-state index contributed by atoms with van der Waals surface area (Å²) in [6.45, 7) is 3.38. The lowest BCUT2D eigenvalue weighted by atomic mass is 10.4. The summed E-state index contributed by atoms with van der Waals surface area (Å²) in [5, 5.41) is 0.123. The zero-order valence-corrected chi connectivity index (χ0v) is 12.2. The van der Waals surface area contributed by atoms with E-state index in [4.69, 9.17) is 10.5 Å². The van der Waals surface area contributed by atoms with Gasteiger partial charge in [-0.05, 0) is 13.0 Å². The van der Waals surface area contributed by atoms with Crippen molar-refractivity contribution >= 4 is 10.0 Å². The first-order valence-electron chi connectivity index (χ1n) is 6.29. The summed E-state index contributed by atoms with van der Waals surface area (Å²) < 4.78 is 31.2. The fourth-order valence-corrected chi connectivity index (χ4v) is 3.00. The molecule has 0 saturated carbocycles. The molecule has 110 valence electrons. The predicted molar refractivity (Wildman–Crippen MR) is 72.3 cm³/mol. The Morgan fingerprint density at radius 2 is 2.21 bits per heavy atom. The van der Waals surface area contributed by atoms with Gasteiger partial charge in [0.25, 0.3) is 10.0 Å². The molecule has 1 rings (SSSR count). The van der Waals surface area contributed by atoms with Crippen molar-refractivity contribution in [1.82, 2.24) is 14.3 Å². The monoisotopic (exact) mass is 290 g/mol. The van der Waals surface area contributed by atoms with Gasteiger partial charge in [0.05, 0.1) is 12.8 Å². The van der Waals surface area contributed by atoms with Crippen LogP contribution in [0.3, 0.4) is 0 Å². The van der Waals surface area contributed by atoms with Gasteiger partial charge in [0.15, 0.2) is 5.03 Å². The Labute approximate surface area is 114 Å². The Hall–Kier alpha value is -0.960. The topological polar surface area (TPSA) is 101 Å². The van der Waals surface area contributed by atoms with E-state index >= 15 is 0 Å². The minimum atomic E-state index is -3.56. The van der Waals surface area contributed by atoms with Crippen molar-refractivity contribution in [2.45, 2.75) is 24.8 Å². The number of imidazole rings is 1. The number of aromatic amines is 1. The van der Waals surface area contributed by atoms with E-state index in [1.807, 2.05) is 6.92 Å². The summed E-state index contributed by atoms with van der Waals surface area (Å²) in [5.74, 6) is 0.657. The third-order valence-electron chi connectivity index (χ3n) is 2.71. The lowest BCUT2D eigenvalue weighted by molar-refractivity contribution is 0.178. The average molecular weight is 290 g/mol. The van der Waals surface area contributed by atoms with Crippen LogP contribution in [0.15, 0.2) is 11.2 Å². The molecule has 0 atom stereocenters. The van der Waals surface area contributed by atoms with E-state index in [0.717, 1.165) is 0 Å². The number of hydrogen-bond donors (Lipinski definition) is 2. The van der Waals surface area contributed by atoms with Crippen molar-refractivity contribution in [2.24, 2.45) is 5.73 Å². The van der Waals surface area contributed by atoms with Crippen LogP contribution in [0.25, 0.3) is 0 Å². The highest BCUT2D eigenvalue weighted by molar-refractivity contribution is 7.89. The maximum atomic E-state index is 12.4. The average Bonchev–Trinajstić information content (AvgIpc) is 2.88. The Bertz CT molecular complexity index is 464. The standard InChI is InChI=1S/C11H22N4O3S/c1-3-10-13-9-11(14-10)19(16,17)15(6-4-5-12)7-8-18-2/h9H,3-8,12H2,1-2H3,(H,13,14). The third kappa shape index (κ3) is 4.27. The van der Waals surface area contributed by atoms with E-state index in [9.17, 15) is 8.42 Å². The van der Waals surface area contributed by atoms with Gasteiger partial charge in [-0.15, -0.1) is 0 Å². The molecule has 0 aliphatic heterocycles. The molecule has 3 N–H and O–H groups in total. The van der Waals surface area contributed by atoms with Crippen LogP contribution in [0.1, 0.15) is 19.2 Å². The molecule has 0 amide bonds. The van der Waals surface area contributed by atoms with E-state index < -0.39 is 10.0 Å². The highest BCUT2D eigenvalue weighted by Crippen LogP contribution is 2.14. The zero-order valence-electron chi connectivity index (χ0n) is 11.4. The molecule has 0 spiro atoms. The van der Waals surface area contributed by atoms with Crippen LogP contribution in [-0.2, 0) is 21.2 Å². The van der Waals surface area contributed by atoms with Crippen LogP contribution in [0.4, 0.5) is 0 Å². The highest BCUT2D eigenvalue weighted by Gasteiger charge is 2.25. The zero-order chi connectivity index (χ0) is 14.3. The molecule has 1 aromatic heterocycles. The molecule has 1 aromatic rings. The highest BCUT2D eigenvalue weighted by atomic mass is 32.2. The van der Waals surface area contributed by atoms with Gasteiger partial charge in [0, 0.05) is 26.6 Å². The molecule has 8 heteroatoms. The fourth-order valence-electron chi connectivity index (χ4n) is 1.61. The van der Waals surface area contributed by atoms with Crippen LogP contribution < -0.4 is 5.73 Å². The molecule has 0 radical (unpaired) electrons. The molecule has 0 aromatic carbocycles. The largest absolute Gasteiger partial charge is 0.383 e. The second-order valence-corrected chi connectivity index (χ2v) is 5.99. The van der Waals surface area contributed by atoms with Gasteiger partial charge >= 0.3 is 0 Å². The third-order valence-corrected chi connectivity index (χ3v) is 4.52. The Kier molecular flexibility index (Phi) is 6.43. The van der Waals surface area contributed by atoms with Gasteiger partial charge in [-0.3, -0.25) is 0 Å². The van der Waals surface area contributed by atoms with Crippen LogP contribution in [0.5, 0.6) is 0 Å². The van der Waals surface area contributed by atoms with E-state index in [-0.39, 0.29) is 5.03 Å². The van der Waals surface area contributed by atoms with Gasteiger partial charge in [0.1, 0.15) is 5.82 Å². The number of H-pyrrole nitrogens is 1. The van der Waals surface area contributed by atoms with E-state index in [0.29, 0.717) is 44.9 Å². The van der Waals surface area contributed by atoms with Gasteiger partial charge in [-0.25, -0.2) is 13.4 Å². The molecule has 0 aliphatic rings. The van der Waals surface area contributed by atoms with Crippen molar-refractivity contribution in [3.8, 4) is 0 Å². The van der Waals surface area contributed by atoms with Crippen LogP contribution in [-0.4, -0.2) is 56.0 Å². The van der Waals surface area contributed by atoms with E-state index in [1.165, 1.54) is 10.5 Å². The molecule has 0 fully saturated rings. The van der Waals surface area contributed by atoms with Gasteiger partial charge in [0.2, 0.25) is 0 Å². The molecule has 1 heterocycles. The van der Waals surface area contributed by atoms with Crippen LogP contribution in [0, 0.1) is 0 Å². The van der Waals surface area contributed by atoms with Crippen molar-refractivity contribution in [3.63, 3.8) is 0 Å². The van der Waals surface area contributed by atoms with Crippen LogP contribution in [0.2, 0.25) is 0 Å². The molecule has 0 bridgehead atoms. The van der Waals surface area contributed by atoms with E-state index in [1.54, 1.807) is 7.11 Å². The summed E-state index contributed by atoms with van der Waals surface area (Å²) in [4.78, 5) is 6.85. The van der Waals surface area contributed by atoms with Crippen molar-refractivity contribution < 1.29 is 13.2 Å². The van der Waals surface area contributed by atoms with Crippen molar-refractivity contribution in [3.05, 3.63) is 12.0 Å². The molecular formula is C11H22N4O3S. The van der Waals surface area contributed by atoms with Crippen molar-refractivity contribution in [1.29, 1.82) is 0 Å². The van der Waals surface area contributed by atoms with Crippen LogP contribution >= 0.6 is 0 Å².